The molecule has 1 aliphatic rings. The van der Waals surface area contributed by atoms with Crippen LogP contribution in [0.4, 0.5) is 0 Å². The summed E-state index contributed by atoms with van der Waals surface area (Å²) in [7, 11) is -3.13. The zero-order valence-corrected chi connectivity index (χ0v) is 13.2. The van der Waals surface area contributed by atoms with Gasteiger partial charge in [0.2, 0.25) is 15.9 Å². The molecule has 0 aromatic rings. The quantitative estimate of drug-likeness (QED) is 0.733. The van der Waals surface area contributed by atoms with Gasteiger partial charge in [-0.1, -0.05) is 0 Å². The third kappa shape index (κ3) is 4.43. The molecule has 0 aromatic carbocycles. The molecule has 7 heteroatoms. The van der Waals surface area contributed by atoms with E-state index in [1.54, 1.807) is 11.8 Å². The number of amides is 1. The Morgan fingerprint density at radius 1 is 1.30 bits per heavy atom. The molecule has 1 amide bonds. The number of nitrogens with zero attached hydrogens (tertiary/aromatic N) is 2. The fraction of sp³-hybridized carbons (Fsp3) is 0.923. The van der Waals surface area contributed by atoms with Gasteiger partial charge in [-0.2, -0.15) is 0 Å². The summed E-state index contributed by atoms with van der Waals surface area (Å²) >= 11 is 0. The molecule has 1 fully saturated rings. The number of hydrogen-bond donors (Lipinski definition) is 1. The Morgan fingerprint density at radius 3 is 2.35 bits per heavy atom. The van der Waals surface area contributed by atoms with Crippen molar-refractivity contribution in [2.24, 2.45) is 5.92 Å². The summed E-state index contributed by atoms with van der Waals surface area (Å²) in [4.78, 5) is 14.1. The molecule has 0 aromatic heterocycles. The smallest absolute Gasteiger partial charge is 0.225 e. The Kier molecular flexibility index (Phi) is 6.91. The molecule has 1 rings (SSSR count). The van der Waals surface area contributed by atoms with Crippen LogP contribution in [0.2, 0.25) is 0 Å². The lowest BCUT2D eigenvalue weighted by Gasteiger charge is -2.33. The third-order valence-electron chi connectivity index (χ3n) is 3.84. The highest BCUT2D eigenvalue weighted by atomic mass is 32.2. The number of rotatable bonds is 7. The molecule has 6 nitrogen and oxygen atoms in total. The molecule has 0 bridgehead atoms. The maximum absolute atomic E-state index is 12.3. The van der Waals surface area contributed by atoms with Gasteiger partial charge in [0.25, 0.3) is 0 Å². The van der Waals surface area contributed by atoms with Crippen LogP contribution in [0.15, 0.2) is 0 Å². The summed E-state index contributed by atoms with van der Waals surface area (Å²) in [6.07, 6.45) is 1.77. The van der Waals surface area contributed by atoms with Crippen molar-refractivity contribution in [1.29, 1.82) is 0 Å². The van der Waals surface area contributed by atoms with Gasteiger partial charge in [-0.3, -0.25) is 4.79 Å². The van der Waals surface area contributed by atoms with Crippen LogP contribution in [0.5, 0.6) is 0 Å². The first-order valence-corrected chi connectivity index (χ1v) is 8.94. The number of piperidine rings is 1. The van der Waals surface area contributed by atoms with Gasteiger partial charge in [-0.15, -0.1) is 0 Å². The second-order valence-corrected chi connectivity index (χ2v) is 7.33. The van der Waals surface area contributed by atoms with E-state index in [0.29, 0.717) is 45.4 Å². The lowest BCUT2D eigenvalue weighted by atomic mass is 9.96. The molecule has 1 saturated heterocycles. The van der Waals surface area contributed by atoms with E-state index in [-0.39, 0.29) is 24.2 Å². The van der Waals surface area contributed by atoms with E-state index < -0.39 is 10.0 Å². The topological polar surface area (TPSA) is 77.9 Å². The summed E-state index contributed by atoms with van der Waals surface area (Å²) in [6.45, 7) is 5.71. The predicted molar refractivity (Wildman–Crippen MR) is 77.7 cm³/mol. The molecular formula is C13H26N2O4S. The predicted octanol–water partition coefficient (Wildman–Crippen LogP) is 0.279. The van der Waals surface area contributed by atoms with Crippen LogP contribution in [0.1, 0.15) is 33.1 Å². The monoisotopic (exact) mass is 306 g/mol. The van der Waals surface area contributed by atoms with Crippen LogP contribution in [0.25, 0.3) is 0 Å². The van der Waals surface area contributed by atoms with Gasteiger partial charge in [0.05, 0.1) is 5.75 Å². The first-order chi connectivity index (χ1) is 9.46. The van der Waals surface area contributed by atoms with Crippen molar-refractivity contribution in [3.8, 4) is 0 Å². The van der Waals surface area contributed by atoms with E-state index in [9.17, 15) is 13.2 Å². The van der Waals surface area contributed by atoms with E-state index in [0.717, 1.165) is 0 Å². The van der Waals surface area contributed by atoms with Crippen LogP contribution >= 0.6 is 0 Å². The molecule has 20 heavy (non-hydrogen) atoms. The van der Waals surface area contributed by atoms with Crippen LogP contribution in [-0.2, 0) is 14.8 Å². The molecule has 1 N–H and O–H groups in total. The van der Waals surface area contributed by atoms with E-state index in [1.807, 2.05) is 6.92 Å². The largest absolute Gasteiger partial charge is 0.396 e. The fourth-order valence-electron chi connectivity index (χ4n) is 2.51. The Labute approximate surface area is 121 Å². The SMILES string of the molecule is CCN(CCCO)C(=O)C1CCN(S(=O)(=O)CC)CC1. The zero-order valence-electron chi connectivity index (χ0n) is 12.4. The van der Waals surface area contributed by atoms with Crippen LogP contribution in [-0.4, -0.2) is 67.2 Å². The molecule has 1 aliphatic heterocycles. The van der Waals surface area contributed by atoms with Crippen molar-refractivity contribution in [3.05, 3.63) is 0 Å². The summed E-state index contributed by atoms with van der Waals surface area (Å²) < 4.78 is 25.0. The normalized spacial score (nSPS) is 18.1. The summed E-state index contributed by atoms with van der Waals surface area (Å²) in [5, 5.41) is 8.84. The van der Waals surface area contributed by atoms with Crippen LogP contribution in [0.3, 0.4) is 0 Å². The molecule has 0 aliphatic carbocycles. The molecule has 0 spiro atoms. The van der Waals surface area contributed by atoms with Gasteiger partial charge < -0.3 is 10.0 Å². The van der Waals surface area contributed by atoms with Crippen molar-refractivity contribution in [2.75, 3.05) is 38.5 Å². The molecule has 0 saturated carbocycles. The number of carbonyl (C=O) groups is 1. The average Bonchev–Trinajstić information content (AvgIpc) is 2.48. The number of carbonyl (C=O) groups excluding carboxylic acids is 1. The number of hydrogen-bond acceptors (Lipinski definition) is 4. The van der Waals surface area contributed by atoms with E-state index in [4.69, 9.17) is 5.11 Å². The van der Waals surface area contributed by atoms with Gasteiger partial charge in [-0.05, 0) is 33.1 Å². The Balaban J connectivity index is 2.54. The van der Waals surface area contributed by atoms with Gasteiger partial charge >= 0.3 is 0 Å². The van der Waals surface area contributed by atoms with Gasteiger partial charge in [-0.25, -0.2) is 12.7 Å². The molecule has 0 atom stereocenters. The molecule has 0 unspecified atom stereocenters. The van der Waals surface area contributed by atoms with Crippen molar-refractivity contribution >= 4 is 15.9 Å². The second-order valence-electron chi connectivity index (χ2n) is 5.07. The lowest BCUT2D eigenvalue weighted by molar-refractivity contribution is -0.136. The summed E-state index contributed by atoms with van der Waals surface area (Å²) in [5.41, 5.74) is 0. The van der Waals surface area contributed by atoms with Crippen LogP contribution < -0.4 is 0 Å². The summed E-state index contributed by atoms with van der Waals surface area (Å²) in [6, 6.07) is 0. The highest BCUT2D eigenvalue weighted by Crippen LogP contribution is 2.22. The van der Waals surface area contributed by atoms with Crippen molar-refractivity contribution in [1.82, 2.24) is 9.21 Å². The third-order valence-corrected chi connectivity index (χ3v) is 5.72. The van der Waals surface area contributed by atoms with Gasteiger partial charge in [0.15, 0.2) is 0 Å². The van der Waals surface area contributed by atoms with E-state index in [2.05, 4.69) is 0 Å². The highest BCUT2D eigenvalue weighted by Gasteiger charge is 2.31. The maximum Gasteiger partial charge on any atom is 0.225 e. The van der Waals surface area contributed by atoms with E-state index >= 15 is 0 Å². The Hall–Kier alpha value is -0.660. The minimum Gasteiger partial charge on any atom is -0.396 e. The minimum absolute atomic E-state index is 0.0803. The Morgan fingerprint density at radius 2 is 1.90 bits per heavy atom. The van der Waals surface area contributed by atoms with Crippen molar-refractivity contribution < 1.29 is 18.3 Å². The number of sulfonamides is 1. The standard InChI is InChI=1S/C13H26N2O4S/c1-3-14(8-5-11-16)13(17)12-6-9-15(10-7-12)20(18,19)4-2/h12,16H,3-11H2,1-2H3. The van der Waals surface area contributed by atoms with Gasteiger partial charge in [0.1, 0.15) is 0 Å². The molecule has 118 valence electrons. The maximum atomic E-state index is 12.3. The summed E-state index contributed by atoms with van der Waals surface area (Å²) in [5.74, 6) is 0.120. The highest BCUT2D eigenvalue weighted by molar-refractivity contribution is 7.89. The fourth-order valence-corrected chi connectivity index (χ4v) is 3.64. The van der Waals surface area contributed by atoms with Crippen LogP contribution in [0, 0.1) is 5.92 Å². The van der Waals surface area contributed by atoms with Crippen molar-refractivity contribution in [3.63, 3.8) is 0 Å². The molecule has 1 heterocycles. The van der Waals surface area contributed by atoms with Crippen molar-refractivity contribution in [2.45, 2.75) is 33.1 Å². The first kappa shape index (κ1) is 17.4. The zero-order chi connectivity index (χ0) is 15.2. The lowest BCUT2D eigenvalue weighted by Crippen LogP contribution is -2.45. The van der Waals surface area contributed by atoms with E-state index in [1.165, 1.54) is 4.31 Å². The second kappa shape index (κ2) is 7.95. The Bertz CT molecular complexity index is 403. The first-order valence-electron chi connectivity index (χ1n) is 7.33. The van der Waals surface area contributed by atoms with Gasteiger partial charge in [0, 0.05) is 38.7 Å². The molecular weight excluding hydrogens is 280 g/mol. The average molecular weight is 306 g/mol. The number of aliphatic hydroxyl groups is 1. The number of aliphatic hydroxyl groups excluding tert-OH is 1. The molecule has 0 radical (unpaired) electrons. The minimum atomic E-state index is -3.13.